The summed E-state index contributed by atoms with van der Waals surface area (Å²) >= 11 is 0. The zero-order valence-corrected chi connectivity index (χ0v) is 8.37. The van der Waals surface area contributed by atoms with Crippen molar-refractivity contribution in [1.82, 2.24) is 4.90 Å². The van der Waals surface area contributed by atoms with Crippen molar-refractivity contribution in [3.05, 3.63) is 0 Å². The number of fused-ring (bicyclic) bond motifs is 1. The minimum atomic E-state index is 0.502. The van der Waals surface area contributed by atoms with Crippen molar-refractivity contribution in [2.75, 3.05) is 13.1 Å². The summed E-state index contributed by atoms with van der Waals surface area (Å²) in [5.74, 6) is 0.832. The molecule has 0 saturated carbocycles. The summed E-state index contributed by atoms with van der Waals surface area (Å²) in [6.07, 6.45) is 4.78. The van der Waals surface area contributed by atoms with Gasteiger partial charge in [-0.15, -0.1) is 0 Å². The van der Waals surface area contributed by atoms with Crippen molar-refractivity contribution < 1.29 is 0 Å². The van der Waals surface area contributed by atoms with Crippen LogP contribution in [0, 0.1) is 0 Å². The molecule has 2 aliphatic heterocycles. The van der Waals surface area contributed by atoms with Crippen LogP contribution in [0.3, 0.4) is 0 Å². The van der Waals surface area contributed by atoms with E-state index in [4.69, 9.17) is 5.73 Å². The maximum atomic E-state index is 5.77. The zero-order valence-electron chi connectivity index (χ0n) is 8.37. The van der Waals surface area contributed by atoms with Crippen molar-refractivity contribution in [2.24, 2.45) is 10.7 Å². The Morgan fingerprint density at radius 3 is 3.08 bits per heavy atom. The van der Waals surface area contributed by atoms with E-state index in [1.807, 2.05) is 0 Å². The van der Waals surface area contributed by atoms with Crippen molar-refractivity contribution in [2.45, 2.75) is 44.7 Å². The molecule has 2 N–H and O–H groups in total. The van der Waals surface area contributed by atoms with Crippen LogP contribution >= 0.6 is 0 Å². The molecule has 0 aliphatic carbocycles. The molecule has 0 bridgehead atoms. The summed E-state index contributed by atoms with van der Waals surface area (Å²) in [5, 5.41) is 0. The van der Waals surface area contributed by atoms with Crippen LogP contribution in [0.1, 0.15) is 32.6 Å². The molecule has 3 heteroatoms. The molecule has 3 nitrogen and oxygen atoms in total. The van der Waals surface area contributed by atoms with Crippen molar-refractivity contribution in [3.63, 3.8) is 0 Å². The molecule has 2 fully saturated rings. The molecule has 2 saturated heterocycles. The lowest BCUT2D eigenvalue weighted by Gasteiger charge is -2.17. The Hall–Kier alpha value is -0.570. The van der Waals surface area contributed by atoms with E-state index in [2.05, 4.69) is 16.8 Å². The van der Waals surface area contributed by atoms with Crippen LogP contribution in [0.2, 0.25) is 0 Å². The number of aliphatic imine (C=N–C) groups is 1. The summed E-state index contributed by atoms with van der Waals surface area (Å²) in [6, 6.07) is 1.22. The lowest BCUT2D eigenvalue weighted by molar-refractivity contribution is 0.314. The lowest BCUT2D eigenvalue weighted by Crippen LogP contribution is -2.29. The van der Waals surface area contributed by atoms with Crippen LogP contribution in [0.4, 0.5) is 0 Å². The van der Waals surface area contributed by atoms with Gasteiger partial charge in [0.15, 0.2) is 0 Å². The van der Waals surface area contributed by atoms with Gasteiger partial charge in [-0.1, -0.05) is 6.92 Å². The van der Waals surface area contributed by atoms with Gasteiger partial charge in [0.25, 0.3) is 0 Å². The highest BCUT2D eigenvalue weighted by atomic mass is 15.2. The molecule has 0 aromatic rings. The molecule has 2 unspecified atom stereocenters. The van der Waals surface area contributed by atoms with Crippen LogP contribution in [0.15, 0.2) is 4.99 Å². The van der Waals surface area contributed by atoms with E-state index >= 15 is 0 Å². The highest BCUT2D eigenvalue weighted by molar-refractivity contribution is 5.80. The van der Waals surface area contributed by atoms with Gasteiger partial charge in [-0.05, 0) is 25.8 Å². The number of rotatable bonds is 2. The van der Waals surface area contributed by atoms with Crippen molar-refractivity contribution >= 4 is 5.84 Å². The van der Waals surface area contributed by atoms with Gasteiger partial charge in [0, 0.05) is 19.0 Å². The second-order valence-electron chi connectivity index (χ2n) is 4.08. The molecule has 0 aromatic heterocycles. The fourth-order valence-electron chi connectivity index (χ4n) is 2.51. The highest BCUT2D eigenvalue weighted by Crippen LogP contribution is 2.29. The molecule has 0 radical (unpaired) electrons. The van der Waals surface area contributed by atoms with E-state index in [1.165, 1.54) is 32.4 Å². The fraction of sp³-hybridized carbons (Fsp3) is 0.900. The number of hydrogen-bond acceptors (Lipinski definition) is 2. The van der Waals surface area contributed by atoms with Crippen molar-refractivity contribution in [1.29, 1.82) is 0 Å². The van der Waals surface area contributed by atoms with Gasteiger partial charge >= 0.3 is 0 Å². The smallest absolute Gasteiger partial charge is 0.0938 e. The minimum absolute atomic E-state index is 0.502. The lowest BCUT2D eigenvalue weighted by atomic mass is 10.1. The van der Waals surface area contributed by atoms with Crippen LogP contribution in [0.5, 0.6) is 0 Å². The standard InChI is InChI=1S/C10H19N3/c1-2-10(11)12-8-5-7-13-6-3-4-9(8)13/h8-9H,2-7H2,1H3,(H2,11,12). The quantitative estimate of drug-likeness (QED) is 0.510. The average molecular weight is 181 g/mol. The summed E-state index contributed by atoms with van der Waals surface area (Å²) in [4.78, 5) is 7.16. The van der Waals surface area contributed by atoms with Gasteiger partial charge in [-0.2, -0.15) is 0 Å². The third-order valence-electron chi connectivity index (χ3n) is 3.26. The molecule has 0 aromatic carbocycles. The average Bonchev–Trinajstić information content (AvgIpc) is 2.69. The zero-order chi connectivity index (χ0) is 9.26. The molecule has 0 spiro atoms. The van der Waals surface area contributed by atoms with E-state index < -0.39 is 0 Å². The minimum Gasteiger partial charge on any atom is -0.387 e. The van der Waals surface area contributed by atoms with Crippen LogP contribution in [-0.4, -0.2) is 35.9 Å². The van der Waals surface area contributed by atoms with Crippen LogP contribution in [-0.2, 0) is 0 Å². The monoisotopic (exact) mass is 181 g/mol. The molecular weight excluding hydrogens is 162 g/mol. The predicted octanol–water partition coefficient (Wildman–Crippen LogP) is 0.990. The molecule has 2 heterocycles. The third kappa shape index (κ3) is 1.70. The van der Waals surface area contributed by atoms with E-state index in [9.17, 15) is 0 Å². The van der Waals surface area contributed by atoms with E-state index in [0.29, 0.717) is 12.1 Å². The maximum absolute atomic E-state index is 5.77. The first-order chi connectivity index (χ1) is 6.31. The van der Waals surface area contributed by atoms with Gasteiger partial charge < -0.3 is 5.73 Å². The summed E-state index contributed by atoms with van der Waals surface area (Å²) in [7, 11) is 0. The first-order valence-corrected chi connectivity index (χ1v) is 5.37. The van der Waals surface area contributed by atoms with Gasteiger partial charge in [0.05, 0.1) is 11.9 Å². The van der Waals surface area contributed by atoms with Gasteiger partial charge in [-0.3, -0.25) is 9.89 Å². The molecule has 2 aliphatic rings. The van der Waals surface area contributed by atoms with Gasteiger partial charge in [-0.25, -0.2) is 0 Å². The summed E-state index contributed by atoms with van der Waals surface area (Å²) in [6.45, 7) is 4.58. The SMILES string of the molecule is CCC(N)=NC1CCN2CCCC12. The predicted molar refractivity (Wildman–Crippen MR) is 54.9 cm³/mol. The van der Waals surface area contributed by atoms with Crippen molar-refractivity contribution in [3.8, 4) is 0 Å². The number of hydrogen-bond donors (Lipinski definition) is 1. The largest absolute Gasteiger partial charge is 0.387 e. The van der Waals surface area contributed by atoms with Crippen LogP contribution < -0.4 is 5.73 Å². The molecule has 2 atom stereocenters. The van der Waals surface area contributed by atoms with Gasteiger partial charge in [0.2, 0.25) is 0 Å². The second kappa shape index (κ2) is 3.66. The Balaban J connectivity index is 2.01. The Labute approximate surface area is 80.0 Å². The van der Waals surface area contributed by atoms with E-state index in [1.54, 1.807) is 0 Å². The topological polar surface area (TPSA) is 41.6 Å². The number of nitrogens with two attached hydrogens (primary N) is 1. The second-order valence-corrected chi connectivity index (χ2v) is 4.08. The number of nitrogens with zero attached hydrogens (tertiary/aromatic N) is 2. The number of amidine groups is 1. The highest BCUT2D eigenvalue weighted by Gasteiger charge is 2.36. The van der Waals surface area contributed by atoms with E-state index in [0.717, 1.165) is 12.3 Å². The Bertz CT molecular complexity index is 212. The first-order valence-electron chi connectivity index (χ1n) is 5.37. The Morgan fingerprint density at radius 1 is 1.46 bits per heavy atom. The molecule has 0 amide bonds. The first kappa shape index (κ1) is 9.00. The molecule has 13 heavy (non-hydrogen) atoms. The van der Waals surface area contributed by atoms with Gasteiger partial charge in [0.1, 0.15) is 0 Å². The normalized spacial score (nSPS) is 35.3. The maximum Gasteiger partial charge on any atom is 0.0938 e. The Morgan fingerprint density at radius 2 is 2.31 bits per heavy atom. The summed E-state index contributed by atoms with van der Waals surface area (Å²) in [5.41, 5.74) is 5.77. The summed E-state index contributed by atoms with van der Waals surface area (Å²) < 4.78 is 0. The molecular formula is C10H19N3. The molecule has 74 valence electrons. The molecule has 2 rings (SSSR count). The fourth-order valence-corrected chi connectivity index (χ4v) is 2.51. The Kier molecular flexibility index (Phi) is 2.54. The van der Waals surface area contributed by atoms with Crippen LogP contribution in [0.25, 0.3) is 0 Å². The van der Waals surface area contributed by atoms with E-state index in [-0.39, 0.29) is 0 Å². The third-order valence-corrected chi connectivity index (χ3v) is 3.26.